The smallest absolute Gasteiger partial charge is 0.296 e. The van der Waals surface area contributed by atoms with E-state index in [2.05, 4.69) is 9.80 Å². The van der Waals surface area contributed by atoms with E-state index >= 15 is 0 Å². The van der Waals surface area contributed by atoms with Gasteiger partial charge in [-0.3, -0.25) is 14.6 Å². The van der Waals surface area contributed by atoms with Gasteiger partial charge in [-0.25, -0.2) is 4.39 Å². The van der Waals surface area contributed by atoms with Gasteiger partial charge < -0.3 is 20.5 Å². The van der Waals surface area contributed by atoms with Crippen LogP contribution >= 0.6 is 11.6 Å². The zero-order valence-corrected chi connectivity index (χ0v) is 23.9. The van der Waals surface area contributed by atoms with Crippen LogP contribution in [0.3, 0.4) is 0 Å². The Bertz CT molecular complexity index is 1470. The van der Waals surface area contributed by atoms with Crippen LogP contribution in [0.5, 0.6) is 5.75 Å². The van der Waals surface area contributed by atoms with Crippen molar-refractivity contribution in [1.29, 1.82) is 0 Å². The number of β-amino-alcohol motifs (C(OH)–C–C–N with tert-alkyl or cyclic N) is 1. The Hall–Kier alpha value is -3.85. The molecule has 5 rings (SSSR count). The second-order valence-corrected chi connectivity index (χ2v) is 10.8. The summed E-state index contributed by atoms with van der Waals surface area (Å²) in [6.45, 7) is 7.68. The number of hydrogen-bond acceptors (Lipinski definition) is 6. The van der Waals surface area contributed by atoms with Crippen molar-refractivity contribution in [3.63, 3.8) is 0 Å². The molecule has 3 aromatic rings. The molecule has 1 amide bonds. The fourth-order valence-electron chi connectivity index (χ4n) is 5.18. The lowest BCUT2D eigenvalue weighted by Crippen LogP contribution is -2.47. The molecule has 41 heavy (non-hydrogen) atoms. The summed E-state index contributed by atoms with van der Waals surface area (Å²) >= 11 is 6.15. The molecule has 1 atom stereocenters. The summed E-state index contributed by atoms with van der Waals surface area (Å²) in [7, 11) is 0. The molecule has 9 heteroatoms. The highest BCUT2D eigenvalue weighted by molar-refractivity contribution is 6.30. The first-order valence-electron chi connectivity index (χ1n) is 13.7. The van der Waals surface area contributed by atoms with Crippen molar-refractivity contribution in [1.82, 2.24) is 9.80 Å². The molecule has 3 N–H and O–H groups in total. The number of nitrogen functional groups attached to an aromatic ring is 1. The first kappa shape index (κ1) is 28.7. The molecular formula is C32H34ClFN4O3. The number of carbonyl (C=O) groups is 1. The molecule has 0 aliphatic carbocycles. The normalized spacial score (nSPS) is 18.4. The highest BCUT2D eigenvalue weighted by Crippen LogP contribution is 2.33. The first-order valence-corrected chi connectivity index (χ1v) is 14.1. The van der Waals surface area contributed by atoms with E-state index in [9.17, 15) is 14.3 Å². The van der Waals surface area contributed by atoms with Crippen molar-refractivity contribution >= 4 is 28.9 Å². The molecule has 0 spiro atoms. The molecule has 214 valence electrons. The molecule has 2 heterocycles. The molecule has 1 unspecified atom stereocenters. The highest BCUT2D eigenvalue weighted by Gasteiger charge is 2.35. The van der Waals surface area contributed by atoms with Gasteiger partial charge in [-0.15, -0.1) is 0 Å². The van der Waals surface area contributed by atoms with E-state index in [0.717, 1.165) is 41.2 Å². The first-order chi connectivity index (χ1) is 19.7. The zero-order valence-electron chi connectivity index (χ0n) is 23.2. The van der Waals surface area contributed by atoms with Crippen LogP contribution in [0.2, 0.25) is 5.02 Å². The molecule has 0 bridgehead atoms. The third-order valence-electron chi connectivity index (χ3n) is 7.69. The SMILES string of the molecule is CC1=CC(N2CCN(CCO)CC2)=C(Oc2ccc(-c3ccc(F)c(N)c3)cc2)C(=O)N(c2ccc(Cl)cc2)C1C. The van der Waals surface area contributed by atoms with E-state index in [1.807, 2.05) is 44.2 Å². The van der Waals surface area contributed by atoms with Gasteiger partial charge in [0.2, 0.25) is 5.76 Å². The van der Waals surface area contributed by atoms with Gasteiger partial charge in [0.15, 0.2) is 0 Å². The number of halogens is 2. The Balaban J connectivity index is 1.52. The number of carbonyl (C=O) groups excluding carboxylic acids is 1. The van der Waals surface area contributed by atoms with Gasteiger partial charge in [0.05, 0.1) is 24.0 Å². The number of piperazine rings is 1. The number of rotatable bonds is 7. The van der Waals surface area contributed by atoms with E-state index in [1.54, 1.807) is 41.3 Å². The van der Waals surface area contributed by atoms with Crippen molar-refractivity contribution in [3.8, 4) is 16.9 Å². The average molecular weight is 577 g/mol. The maximum atomic E-state index is 14.3. The van der Waals surface area contributed by atoms with Crippen LogP contribution in [0.15, 0.2) is 89.8 Å². The summed E-state index contributed by atoms with van der Waals surface area (Å²) in [6, 6.07) is 18.9. The number of ether oxygens (including phenoxy) is 1. The fraction of sp³-hybridized carbons (Fsp3) is 0.281. The number of nitrogens with two attached hydrogens (primary N) is 1. The van der Waals surface area contributed by atoms with Crippen LogP contribution in [-0.4, -0.2) is 66.2 Å². The summed E-state index contributed by atoms with van der Waals surface area (Å²) < 4.78 is 20.1. The highest BCUT2D eigenvalue weighted by atomic mass is 35.5. The fourth-order valence-corrected chi connectivity index (χ4v) is 5.31. The van der Waals surface area contributed by atoms with Gasteiger partial charge in [0.25, 0.3) is 5.91 Å². The van der Waals surface area contributed by atoms with Crippen LogP contribution in [0.1, 0.15) is 13.8 Å². The number of allylic oxidation sites excluding steroid dienone is 1. The topological polar surface area (TPSA) is 82.3 Å². The van der Waals surface area contributed by atoms with Crippen molar-refractivity contribution in [3.05, 3.63) is 101 Å². The number of nitrogens with zero attached hydrogens (tertiary/aromatic N) is 3. The van der Waals surface area contributed by atoms with Gasteiger partial charge in [0, 0.05) is 43.4 Å². The molecule has 0 aromatic heterocycles. The average Bonchev–Trinajstić information content (AvgIpc) is 3.06. The second-order valence-electron chi connectivity index (χ2n) is 10.3. The Morgan fingerprint density at radius 2 is 1.66 bits per heavy atom. The van der Waals surface area contributed by atoms with Gasteiger partial charge in [-0.05, 0) is 85.2 Å². The Labute approximate surface area is 244 Å². The maximum Gasteiger partial charge on any atom is 0.296 e. The number of hydrogen-bond donors (Lipinski definition) is 2. The van der Waals surface area contributed by atoms with Crippen LogP contribution in [0, 0.1) is 5.82 Å². The monoisotopic (exact) mass is 576 g/mol. The molecule has 1 saturated heterocycles. The lowest BCUT2D eigenvalue weighted by molar-refractivity contribution is -0.117. The molecule has 1 fully saturated rings. The van der Waals surface area contributed by atoms with E-state index in [0.29, 0.717) is 30.4 Å². The maximum absolute atomic E-state index is 14.3. The van der Waals surface area contributed by atoms with Crippen molar-refractivity contribution < 1.29 is 19.0 Å². The van der Waals surface area contributed by atoms with Gasteiger partial charge >= 0.3 is 0 Å². The largest absolute Gasteiger partial charge is 0.449 e. The third kappa shape index (κ3) is 6.25. The molecule has 3 aromatic carbocycles. The zero-order chi connectivity index (χ0) is 29.1. The van der Waals surface area contributed by atoms with E-state index in [4.69, 9.17) is 22.1 Å². The van der Waals surface area contributed by atoms with Gasteiger partial charge in [-0.2, -0.15) is 0 Å². The minimum Gasteiger partial charge on any atom is -0.449 e. The molecule has 7 nitrogen and oxygen atoms in total. The van der Waals surface area contributed by atoms with Crippen LogP contribution in [0.25, 0.3) is 11.1 Å². The molecule has 0 radical (unpaired) electrons. The third-order valence-corrected chi connectivity index (χ3v) is 7.95. The van der Waals surface area contributed by atoms with E-state index in [1.165, 1.54) is 6.07 Å². The van der Waals surface area contributed by atoms with Gasteiger partial charge in [0.1, 0.15) is 11.6 Å². The molecular weight excluding hydrogens is 543 g/mol. The Morgan fingerprint density at radius 3 is 2.29 bits per heavy atom. The minimum atomic E-state index is -0.458. The van der Waals surface area contributed by atoms with Gasteiger partial charge in [-0.1, -0.05) is 29.8 Å². The second kappa shape index (κ2) is 12.3. The summed E-state index contributed by atoms with van der Waals surface area (Å²) in [5.41, 5.74) is 9.94. The van der Waals surface area contributed by atoms with E-state index < -0.39 is 5.82 Å². The van der Waals surface area contributed by atoms with E-state index in [-0.39, 0.29) is 30.0 Å². The summed E-state index contributed by atoms with van der Waals surface area (Å²) in [6.07, 6.45) is 2.05. The Kier molecular flexibility index (Phi) is 8.63. The van der Waals surface area contributed by atoms with Crippen LogP contribution in [-0.2, 0) is 4.79 Å². The molecule has 0 saturated carbocycles. The number of aliphatic hydroxyl groups is 1. The number of amides is 1. The van der Waals surface area contributed by atoms with Crippen molar-refractivity contribution in [2.45, 2.75) is 19.9 Å². The van der Waals surface area contributed by atoms with Crippen LogP contribution in [0.4, 0.5) is 15.8 Å². The lowest BCUT2D eigenvalue weighted by atomic mass is 10.0. The van der Waals surface area contributed by atoms with Crippen molar-refractivity contribution in [2.24, 2.45) is 0 Å². The summed E-state index contributed by atoms with van der Waals surface area (Å²) in [5.74, 6) is 0.0226. The predicted molar refractivity (Wildman–Crippen MR) is 161 cm³/mol. The summed E-state index contributed by atoms with van der Waals surface area (Å²) in [4.78, 5) is 20.4. The standard InChI is InChI=1S/C32H34ClFN4O3/c1-21-19-30(37-15-13-36(14-16-37)17-18-39)31(32(40)38(22(21)2)26-8-6-25(33)7-9-26)41-27-10-3-23(4-11-27)24-5-12-28(34)29(35)20-24/h3-12,19-20,22,39H,13-18,35H2,1-2H3. The number of benzene rings is 3. The molecule has 2 aliphatic heterocycles. The van der Waals surface area contributed by atoms with Crippen LogP contribution < -0.4 is 15.4 Å². The lowest BCUT2D eigenvalue weighted by Gasteiger charge is -2.36. The number of anilines is 2. The quantitative estimate of drug-likeness (QED) is 0.371. The summed E-state index contributed by atoms with van der Waals surface area (Å²) in [5, 5.41) is 9.96. The predicted octanol–water partition coefficient (Wildman–Crippen LogP) is 5.31. The van der Waals surface area contributed by atoms with Crippen molar-refractivity contribution in [2.75, 3.05) is 50.0 Å². The minimum absolute atomic E-state index is 0.0827. The molecule has 2 aliphatic rings. The number of aliphatic hydroxyl groups excluding tert-OH is 1. The Morgan fingerprint density at radius 1 is 1.00 bits per heavy atom.